The molecule has 66 valence electrons. The smallest absolute Gasteiger partial charge is 0.295 e. The molecular weight excluding hydrogens is 171 g/mol. The minimum absolute atomic E-state index is 0.172. The van der Waals surface area contributed by atoms with Crippen LogP contribution in [0.1, 0.15) is 0 Å². The Morgan fingerprint density at radius 2 is 2.15 bits per heavy atom. The number of hydrogen-bond donors (Lipinski definition) is 2. The lowest BCUT2D eigenvalue weighted by Gasteiger charge is -2.05. The van der Waals surface area contributed by atoms with Crippen LogP contribution in [-0.2, 0) is 4.79 Å². The van der Waals surface area contributed by atoms with Crippen molar-refractivity contribution in [1.82, 2.24) is 5.43 Å². The van der Waals surface area contributed by atoms with Gasteiger partial charge in [0.1, 0.15) is 5.82 Å². The summed E-state index contributed by atoms with van der Waals surface area (Å²) in [5, 5.41) is 0. The van der Waals surface area contributed by atoms with Gasteiger partial charge in [-0.05, 0) is 18.1 Å². The lowest BCUT2D eigenvalue weighted by atomic mass is 10.3. The summed E-state index contributed by atoms with van der Waals surface area (Å²) in [6.07, 6.45) is 4.78. The molecule has 0 aromatic heterocycles. The molecular formula is C9H7FN2O. The van der Waals surface area contributed by atoms with Crippen molar-refractivity contribution in [2.45, 2.75) is 0 Å². The van der Waals surface area contributed by atoms with Crippen LogP contribution in [0.25, 0.3) is 0 Å². The Morgan fingerprint density at radius 3 is 2.77 bits per heavy atom. The molecule has 0 saturated heterocycles. The van der Waals surface area contributed by atoms with E-state index in [2.05, 4.69) is 10.9 Å². The number of amides is 1. The average molecular weight is 178 g/mol. The van der Waals surface area contributed by atoms with Crippen molar-refractivity contribution in [1.29, 1.82) is 0 Å². The van der Waals surface area contributed by atoms with Crippen molar-refractivity contribution in [2.24, 2.45) is 0 Å². The second kappa shape index (κ2) is 4.12. The van der Waals surface area contributed by atoms with Crippen LogP contribution >= 0.6 is 0 Å². The summed E-state index contributed by atoms with van der Waals surface area (Å²) in [4.78, 5) is 10.6. The van der Waals surface area contributed by atoms with Crippen LogP contribution in [0.3, 0.4) is 0 Å². The van der Waals surface area contributed by atoms with E-state index >= 15 is 0 Å². The normalized spacial score (nSPS) is 8.62. The van der Waals surface area contributed by atoms with E-state index < -0.39 is 11.7 Å². The summed E-state index contributed by atoms with van der Waals surface area (Å²) in [5.41, 5.74) is 4.64. The highest BCUT2D eigenvalue weighted by atomic mass is 19.1. The van der Waals surface area contributed by atoms with E-state index in [0.29, 0.717) is 0 Å². The van der Waals surface area contributed by atoms with E-state index in [4.69, 9.17) is 6.42 Å². The summed E-state index contributed by atoms with van der Waals surface area (Å²) in [6, 6.07) is 5.92. The fraction of sp³-hybridized carbons (Fsp3) is 0. The second-order valence-corrected chi connectivity index (χ2v) is 2.20. The Hall–Kier alpha value is -2.02. The maximum atomic E-state index is 12.9. The zero-order chi connectivity index (χ0) is 9.68. The number of carbonyl (C=O) groups is 1. The third-order valence-electron chi connectivity index (χ3n) is 1.32. The Kier molecular flexibility index (Phi) is 2.87. The zero-order valence-corrected chi connectivity index (χ0v) is 6.67. The number of hydrogen-bond acceptors (Lipinski definition) is 2. The molecule has 0 atom stereocenters. The summed E-state index contributed by atoms with van der Waals surface area (Å²) in [5.74, 6) is 0.711. The van der Waals surface area contributed by atoms with Gasteiger partial charge in [0.2, 0.25) is 0 Å². The zero-order valence-electron chi connectivity index (χ0n) is 6.67. The van der Waals surface area contributed by atoms with Crippen molar-refractivity contribution in [3.05, 3.63) is 30.1 Å². The van der Waals surface area contributed by atoms with Gasteiger partial charge in [-0.15, -0.1) is 6.42 Å². The van der Waals surface area contributed by atoms with Gasteiger partial charge in [0.25, 0.3) is 0 Å². The van der Waals surface area contributed by atoms with Crippen LogP contribution < -0.4 is 10.9 Å². The van der Waals surface area contributed by atoms with Gasteiger partial charge >= 0.3 is 5.91 Å². The molecule has 0 heterocycles. The lowest BCUT2D eigenvalue weighted by Crippen LogP contribution is -2.28. The fourth-order valence-corrected chi connectivity index (χ4v) is 0.723. The Balaban J connectivity index is 2.61. The molecule has 0 aliphatic heterocycles. The number of terminal acetylenes is 1. The number of nitrogens with one attached hydrogen (secondary N) is 2. The molecule has 1 amide bonds. The molecule has 0 bridgehead atoms. The highest BCUT2D eigenvalue weighted by molar-refractivity contribution is 5.93. The summed E-state index contributed by atoms with van der Waals surface area (Å²) >= 11 is 0. The highest BCUT2D eigenvalue weighted by Crippen LogP contribution is 2.10. The van der Waals surface area contributed by atoms with Crippen LogP contribution in [0.15, 0.2) is 24.3 Å². The number of hydrazine groups is 1. The van der Waals surface area contributed by atoms with Gasteiger partial charge in [0.15, 0.2) is 0 Å². The molecule has 0 unspecified atom stereocenters. The summed E-state index contributed by atoms with van der Waals surface area (Å²) in [6.45, 7) is 0. The Bertz CT molecular complexity index is 357. The highest BCUT2D eigenvalue weighted by Gasteiger charge is 1.99. The van der Waals surface area contributed by atoms with E-state index in [1.165, 1.54) is 12.1 Å². The SMILES string of the molecule is C#CC(=O)NNc1ccccc1F. The third kappa shape index (κ3) is 2.49. The molecule has 4 heteroatoms. The molecule has 0 radical (unpaired) electrons. The molecule has 13 heavy (non-hydrogen) atoms. The van der Waals surface area contributed by atoms with Crippen molar-refractivity contribution < 1.29 is 9.18 Å². The van der Waals surface area contributed by atoms with Crippen LogP contribution in [-0.4, -0.2) is 5.91 Å². The first kappa shape index (κ1) is 9.07. The van der Waals surface area contributed by atoms with Gasteiger partial charge < -0.3 is 0 Å². The van der Waals surface area contributed by atoms with Gasteiger partial charge in [-0.2, -0.15) is 0 Å². The first-order chi connectivity index (χ1) is 6.24. The van der Waals surface area contributed by atoms with Gasteiger partial charge in [-0.1, -0.05) is 12.1 Å². The lowest BCUT2D eigenvalue weighted by molar-refractivity contribution is -0.115. The summed E-state index contributed by atoms with van der Waals surface area (Å²) in [7, 11) is 0. The van der Waals surface area contributed by atoms with E-state index in [-0.39, 0.29) is 5.69 Å². The standard InChI is InChI=1S/C9H7FN2O/c1-2-9(13)12-11-8-6-4-3-5-7(8)10/h1,3-6,11H,(H,12,13). The van der Waals surface area contributed by atoms with E-state index in [9.17, 15) is 9.18 Å². The number of para-hydroxylation sites is 1. The minimum Gasteiger partial charge on any atom is -0.295 e. The maximum Gasteiger partial charge on any atom is 0.313 e. The second-order valence-electron chi connectivity index (χ2n) is 2.20. The van der Waals surface area contributed by atoms with E-state index in [1.807, 2.05) is 5.92 Å². The predicted molar refractivity (Wildman–Crippen MR) is 47.0 cm³/mol. The number of rotatable bonds is 2. The first-order valence-electron chi connectivity index (χ1n) is 3.51. The maximum absolute atomic E-state index is 12.9. The van der Waals surface area contributed by atoms with Crippen LogP contribution in [0.4, 0.5) is 10.1 Å². The number of benzene rings is 1. The third-order valence-corrected chi connectivity index (χ3v) is 1.32. The molecule has 1 aromatic carbocycles. The van der Waals surface area contributed by atoms with Crippen molar-refractivity contribution in [3.63, 3.8) is 0 Å². The van der Waals surface area contributed by atoms with E-state index in [1.54, 1.807) is 12.1 Å². The quantitative estimate of drug-likeness (QED) is 0.522. The summed E-state index contributed by atoms with van der Waals surface area (Å²) < 4.78 is 12.9. The number of halogens is 1. The molecule has 0 aliphatic carbocycles. The van der Waals surface area contributed by atoms with Gasteiger partial charge in [0, 0.05) is 0 Å². The van der Waals surface area contributed by atoms with Crippen molar-refractivity contribution in [2.75, 3.05) is 5.43 Å². The topological polar surface area (TPSA) is 41.1 Å². The molecule has 0 aliphatic rings. The average Bonchev–Trinajstić information content (AvgIpc) is 2.16. The van der Waals surface area contributed by atoms with Crippen LogP contribution in [0.5, 0.6) is 0 Å². The van der Waals surface area contributed by atoms with Crippen molar-refractivity contribution >= 4 is 11.6 Å². The predicted octanol–water partition coefficient (Wildman–Crippen LogP) is 0.902. The monoisotopic (exact) mass is 178 g/mol. The molecule has 3 nitrogen and oxygen atoms in total. The largest absolute Gasteiger partial charge is 0.313 e. The Labute approximate surface area is 74.9 Å². The molecule has 0 spiro atoms. The molecule has 1 aromatic rings. The molecule has 2 N–H and O–H groups in total. The first-order valence-corrected chi connectivity index (χ1v) is 3.51. The van der Waals surface area contributed by atoms with Gasteiger partial charge in [-0.3, -0.25) is 15.6 Å². The minimum atomic E-state index is -0.650. The number of anilines is 1. The molecule has 0 fully saturated rings. The van der Waals surface area contributed by atoms with Gasteiger partial charge in [-0.25, -0.2) is 4.39 Å². The van der Waals surface area contributed by atoms with Crippen molar-refractivity contribution in [3.8, 4) is 12.3 Å². The Morgan fingerprint density at radius 1 is 1.46 bits per heavy atom. The molecule has 0 saturated carbocycles. The van der Waals surface area contributed by atoms with E-state index in [0.717, 1.165) is 0 Å². The number of carbonyl (C=O) groups excluding carboxylic acids is 1. The van der Waals surface area contributed by atoms with Gasteiger partial charge in [0.05, 0.1) is 5.69 Å². The molecule has 1 rings (SSSR count). The fourth-order valence-electron chi connectivity index (χ4n) is 0.723. The van der Waals surface area contributed by atoms with Crippen LogP contribution in [0.2, 0.25) is 0 Å². The van der Waals surface area contributed by atoms with Crippen LogP contribution in [0, 0.1) is 18.2 Å².